The summed E-state index contributed by atoms with van der Waals surface area (Å²) in [6, 6.07) is 11.7. The lowest BCUT2D eigenvalue weighted by Gasteiger charge is -2.28. The van der Waals surface area contributed by atoms with Gasteiger partial charge in [-0.05, 0) is 49.7 Å². The van der Waals surface area contributed by atoms with Crippen LogP contribution in [-0.4, -0.2) is 58.6 Å². The van der Waals surface area contributed by atoms with Crippen molar-refractivity contribution in [2.75, 3.05) is 20.1 Å². The van der Waals surface area contributed by atoms with E-state index in [0.717, 1.165) is 53.4 Å². The Kier molecular flexibility index (Phi) is 6.61. The average molecular weight is 467 g/mol. The monoisotopic (exact) mass is 466 g/mol. The number of carbonyl (C=O) groups is 2. The topological polar surface area (TPSA) is 67.2 Å². The third-order valence-corrected chi connectivity index (χ3v) is 6.31. The number of halogens is 2. The zero-order valence-electron chi connectivity index (χ0n) is 19.1. The van der Waals surface area contributed by atoms with Crippen LogP contribution in [0.3, 0.4) is 0 Å². The van der Waals surface area contributed by atoms with E-state index in [4.69, 9.17) is 0 Å². The number of carbonyl (C=O) groups excluding carboxylic acids is 2. The van der Waals surface area contributed by atoms with E-state index in [1.165, 1.54) is 0 Å². The van der Waals surface area contributed by atoms with Gasteiger partial charge in [0.1, 0.15) is 11.9 Å². The van der Waals surface area contributed by atoms with Gasteiger partial charge >= 0.3 is 0 Å². The molecule has 2 fully saturated rings. The fourth-order valence-corrected chi connectivity index (χ4v) is 3.86. The van der Waals surface area contributed by atoms with Crippen LogP contribution in [0.1, 0.15) is 41.6 Å². The minimum absolute atomic E-state index is 0.0312. The maximum atomic E-state index is 12.4. The molecular formula is C26H28F2N4O2. The molecule has 8 heteroatoms. The molecule has 0 atom stereocenters. The molecule has 2 aliphatic rings. The number of aldehydes is 2. The summed E-state index contributed by atoms with van der Waals surface area (Å²) in [6.07, 6.45) is 7.04. The molecule has 0 radical (unpaired) electrons. The lowest BCUT2D eigenvalue weighted by atomic mass is 10.1. The Morgan fingerprint density at radius 1 is 1.09 bits per heavy atom. The molecule has 178 valence electrons. The largest absolute Gasteiger partial charge is 0.373 e. The van der Waals surface area contributed by atoms with Gasteiger partial charge in [-0.15, -0.1) is 0 Å². The number of benzene rings is 1. The second-order valence-electron chi connectivity index (χ2n) is 9.07. The molecule has 6 nitrogen and oxygen atoms in total. The SMILES string of the molecule is C=C(NC1(C=O)CC1)c1ccc(-n2ccc3cc(C=O)cnc32)cc1.CN1CCC(F)(F)CC1. The Morgan fingerprint density at radius 2 is 1.76 bits per heavy atom. The second-order valence-corrected chi connectivity index (χ2v) is 9.07. The second kappa shape index (κ2) is 9.46. The number of aromatic nitrogens is 2. The number of likely N-dealkylation sites (tertiary alicyclic amines) is 1. The number of nitrogens with zero attached hydrogens (tertiary/aromatic N) is 3. The minimum Gasteiger partial charge on any atom is -0.373 e. The van der Waals surface area contributed by atoms with Gasteiger partial charge in [0, 0.05) is 60.7 Å². The third kappa shape index (κ3) is 5.39. The van der Waals surface area contributed by atoms with E-state index in [1.54, 1.807) is 6.20 Å². The number of piperidine rings is 1. The van der Waals surface area contributed by atoms with Crippen molar-refractivity contribution in [2.24, 2.45) is 0 Å². The zero-order chi connectivity index (χ0) is 24.3. The minimum atomic E-state index is -2.38. The predicted molar refractivity (Wildman–Crippen MR) is 128 cm³/mol. The van der Waals surface area contributed by atoms with E-state index in [9.17, 15) is 18.4 Å². The number of hydrogen-bond acceptors (Lipinski definition) is 5. The number of rotatable bonds is 6. The molecule has 1 aliphatic heterocycles. The Bertz CT molecular complexity index is 1190. The lowest BCUT2D eigenvalue weighted by Crippen LogP contribution is -2.36. The number of nitrogens with one attached hydrogen (secondary N) is 1. The van der Waals surface area contributed by atoms with Crippen molar-refractivity contribution in [1.29, 1.82) is 0 Å². The highest BCUT2D eigenvalue weighted by Crippen LogP contribution is 2.35. The van der Waals surface area contributed by atoms with Gasteiger partial charge in [-0.3, -0.25) is 4.79 Å². The van der Waals surface area contributed by atoms with Crippen LogP contribution < -0.4 is 5.32 Å². The maximum absolute atomic E-state index is 12.4. The molecule has 0 bridgehead atoms. The fraction of sp³-hybridized carbons (Fsp3) is 0.346. The van der Waals surface area contributed by atoms with Crippen LogP contribution in [0.2, 0.25) is 0 Å². The third-order valence-electron chi connectivity index (χ3n) is 6.31. The Labute approximate surface area is 197 Å². The highest BCUT2D eigenvalue weighted by molar-refractivity contribution is 5.85. The van der Waals surface area contributed by atoms with Crippen molar-refractivity contribution >= 4 is 29.3 Å². The van der Waals surface area contributed by atoms with Crippen molar-refractivity contribution in [2.45, 2.75) is 37.1 Å². The molecule has 5 rings (SSSR count). The summed E-state index contributed by atoms with van der Waals surface area (Å²) >= 11 is 0. The number of alkyl halides is 2. The van der Waals surface area contributed by atoms with E-state index in [2.05, 4.69) is 16.9 Å². The van der Waals surface area contributed by atoms with Crippen molar-refractivity contribution in [1.82, 2.24) is 19.8 Å². The molecule has 1 aromatic carbocycles. The van der Waals surface area contributed by atoms with E-state index >= 15 is 0 Å². The van der Waals surface area contributed by atoms with Crippen molar-refractivity contribution in [3.05, 3.63) is 66.5 Å². The summed E-state index contributed by atoms with van der Waals surface area (Å²) in [4.78, 5) is 28.3. The number of hydrogen-bond donors (Lipinski definition) is 1. The summed E-state index contributed by atoms with van der Waals surface area (Å²) in [5, 5.41) is 4.13. The summed E-state index contributed by atoms with van der Waals surface area (Å²) in [5.41, 5.74) is 3.62. The quantitative estimate of drug-likeness (QED) is 0.543. The van der Waals surface area contributed by atoms with E-state index in [-0.39, 0.29) is 12.8 Å². The van der Waals surface area contributed by atoms with Crippen LogP contribution in [0.4, 0.5) is 8.78 Å². The van der Waals surface area contributed by atoms with Gasteiger partial charge in [0.15, 0.2) is 6.29 Å². The van der Waals surface area contributed by atoms with Crippen LogP contribution in [0.25, 0.3) is 22.4 Å². The van der Waals surface area contributed by atoms with Crippen LogP contribution in [-0.2, 0) is 4.79 Å². The molecule has 0 amide bonds. The van der Waals surface area contributed by atoms with Gasteiger partial charge in [-0.1, -0.05) is 18.7 Å². The average Bonchev–Trinajstić information content (AvgIpc) is 3.49. The van der Waals surface area contributed by atoms with E-state index in [0.29, 0.717) is 18.7 Å². The molecule has 0 spiro atoms. The molecule has 2 aromatic heterocycles. The van der Waals surface area contributed by atoms with E-state index in [1.807, 2.05) is 59.1 Å². The number of fused-ring (bicyclic) bond motifs is 1. The Morgan fingerprint density at radius 3 is 2.32 bits per heavy atom. The molecule has 34 heavy (non-hydrogen) atoms. The molecule has 1 aliphatic carbocycles. The first-order chi connectivity index (χ1) is 16.2. The predicted octanol–water partition coefficient (Wildman–Crippen LogP) is 4.48. The molecule has 3 heterocycles. The van der Waals surface area contributed by atoms with Gasteiger partial charge in [0.2, 0.25) is 0 Å². The molecule has 1 N–H and O–H groups in total. The summed E-state index contributed by atoms with van der Waals surface area (Å²) in [6.45, 7) is 5.11. The van der Waals surface area contributed by atoms with Crippen molar-refractivity contribution in [3.63, 3.8) is 0 Å². The lowest BCUT2D eigenvalue weighted by molar-refractivity contribution is -0.110. The standard InChI is InChI=1S/C20H17N3O2.C6H11F2N/c1-14(22-20(13-25)7-8-20)16-2-4-18(5-3-16)23-9-6-17-10-15(12-24)11-21-19(17)23;1-9-4-2-6(7,8)3-5-9/h2-6,9-13,22H,1,7-8H2;2-5H2,1H3. The Hall–Kier alpha value is -3.39. The van der Waals surface area contributed by atoms with Gasteiger partial charge in [-0.2, -0.15) is 0 Å². The number of pyridine rings is 1. The zero-order valence-corrected chi connectivity index (χ0v) is 19.1. The molecule has 1 saturated carbocycles. The summed E-state index contributed by atoms with van der Waals surface area (Å²) in [5.74, 6) is -2.38. The maximum Gasteiger partial charge on any atom is 0.250 e. The highest BCUT2D eigenvalue weighted by Gasteiger charge is 2.42. The van der Waals surface area contributed by atoms with Crippen LogP contribution in [0.5, 0.6) is 0 Å². The van der Waals surface area contributed by atoms with Gasteiger partial charge in [0.25, 0.3) is 5.92 Å². The van der Waals surface area contributed by atoms with Crippen LogP contribution in [0, 0.1) is 0 Å². The first kappa shape index (κ1) is 23.8. The summed E-state index contributed by atoms with van der Waals surface area (Å²) < 4.78 is 26.7. The molecule has 3 aromatic rings. The van der Waals surface area contributed by atoms with Gasteiger partial charge in [-0.25, -0.2) is 13.8 Å². The fourth-order valence-electron chi connectivity index (χ4n) is 3.86. The van der Waals surface area contributed by atoms with Crippen molar-refractivity contribution in [3.8, 4) is 5.69 Å². The molecular weight excluding hydrogens is 438 g/mol. The summed E-state index contributed by atoms with van der Waals surface area (Å²) in [7, 11) is 1.87. The van der Waals surface area contributed by atoms with Gasteiger partial charge < -0.3 is 19.6 Å². The van der Waals surface area contributed by atoms with Crippen LogP contribution in [0.15, 0.2) is 55.4 Å². The van der Waals surface area contributed by atoms with Crippen molar-refractivity contribution < 1.29 is 18.4 Å². The normalized spacial score (nSPS) is 18.4. The molecule has 1 saturated heterocycles. The first-order valence-corrected chi connectivity index (χ1v) is 11.3. The first-order valence-electron chi connectivity index (χ1n) is 11.3. The van der Waals surface area contributed by atoms with E-state index < -0.39 is 11.5 Å². The smallest absolute Gasteiger partial charge is 0.250 e. The van der Waals surface area contributed by atoms with Gasteiger partial charge in [0.05, 0.1) is 5.54 Å². The Balaban J connectivity index is 0.000000257. The van der Waals surface area contributed by atoms with Crippen LogP contribution >= 0.6 is 0 Å². The highest BCUT2D eigenvalue weighted by atomic mass is 19.3. The molecule has 0 unspecified atom stereocenters.